The van der Waals surface area contributed by atoms with Crippen LogP contribution in [0.25, 0.3) is 6.08 Å². The number of hydrogen-bond donors (Lipinski definition) is 1. The lowest BCUT2D eigenvalue weighted by atomic mass is 9.99. The molecule has 2 aromatic rings. The van der Waals surface area contributed by atoms with Gasteiger partial charge in [-0.2, -0.15) is 0 Å². The Labute approximate surface area is 124 Å². The highest BCUT2D eigenvalue weighted by atomic mass is 32.2. The van der Waals surface area contributed by atoms with Gasteiger partial charge in [-0.05, 0) is 37.1 Å². The third-order valence-electron chi connectivity index (χ3n) is 3.38. The summed E-state index contributed by atoms with van der Waals surface area (Å²) in [4.78, 5) is 27.4. The molecule has 0 spiro atoms. The topological polar surface area (TPSA) is 49.9 Å². The number of aromatic nitrogens is 1. The molecule has 102 valence electrons. The quantitative estimate of drug-likeness (QED) is 0.865. The van der Waals surface area contributed by atoms with E-state index in [-0.39, 0.29) is 10.7 Å². The highest BCUT2D eigenvalue weighted by molar-refractivity contribution is 7.99. The number of benzene rings is 1. The van der Waals surface area contributed by atoms with Crippen LogP contribution in [0.2, 0.25) is 0 Å². The van der Waals surface area contributed by atoms with Crippen LogP contribution in [0, 0.1) is 13.8 Å². The van der Waals surface area contributed by atoms with Gasteiger partial charge >= 0.3 is 4.87 Å². The molecule has 0 radical (unpaired) electrons. The van der Waals surface area contributed by atoms with Crippen LogP contribution in [-0.2, 0) is 0 Å². The number of fused-ring (bicyclic) bond motifs is 1. The van der Waals surface area contributed by atoms with Crippen molar-refractivity contribution in [1.82, 2.24) is 4.98 Å². The molecule has 1 aliphatic rings. The summed E-state index contributed by atoms with van der Waals surface area (Å²) in [6.07, 6.45) is 1.84. The van der Waals surface area contributed by atoms with Crippen molar-refractivity contribution in [3.05, 3.63) is 55.0 Å². The summed E-state index contributed by atoms with van der Waals surface area (Å²) in [5.74, 6) is 0.651. The minimum Gasteiger partial charge on any atom is -0.307 e. The Hall–Kier alpha value is -1.59. The minimum atomic E-state index is -0.0707. The zero-order chi connectivity index (χ0) is 14.3. The highest BCUT2D eigenvalue weighted by Gasteiger charge is 2.20. The lowest BCUT2D eigenvalue weighted by Gasteiger charge is -2.12. The molecule has 3 nitrogen and oxygen atoms in total. The van der Waals surface area contributed by atoms with Crippen LogP contribution in [0.15, 0.2) is 33.6 Å². The van der Waals surface area contributed by atoms with Gasteiger partial charge in [0.2, 0.25) is 0 Å². The van der Waals surface area contributed by atoms with Crippen molar-refractivity contribution in [1.29, 1.82) is 0 Å². The van der Waals surface area contributed by atoms with E-state index in [2.05, 4.69) is 4.98 Å². The van der Waals surface area contributed by atoms with Gasteiger partial charge in [-0.15, -0.1) is 11.8 Å². The number of carbonyl (C=O) groups excluding carboxylic acids is 1. The number of thiazole rings is 1. The first-order valence-corrected chi connectivity index (χ1v) is 8.03. The number of H-pyrrole nitrogens is 1. The van der Waals surface area contributed by atoms with Gasteiger partial charge in [0.1, 0.15) is 0 Å². The second kappa shape index (κ2) is 5.07. The van der Waals surface area contributed by atoms with Crippen LogP contribution in [0.1, 0.15) is 26.4 Å². The van der Waals surface area contributed by atoms with Gasteiger partial charge in [0.25, 0.3) is 0 Å². The molecule has 2 heterocycles. The predicted molar refractivity (Wildman–Crippen MR) is 83.9 cm³/mol. The fourth-order valence-electron chi connectivity index (χ4n) is 2.08. The molecule has 1 aromatic carbocycles. The van der Waals surface area contributed by atoms with Crippen LogP contribution in [0.3, 0.4) is 0 Å². The van der Waals surface area contributed by atoms with Crippen LogP contribution in [0.4, 0.5) is 0 Å². The van der Waals surface area contributed by atoms with Crippen molar-refractivity contribution in [3.63, 3.8) is 0 Å². The first-order chi connectivity index (χ1) is 9.54. The standard InChI is InChI=1S/C15H13NO2S2/c1-8-3-4-10(5-9(8)2)13(17)11-6-12-14(19-7-11)16-15(18)20-12/h3-6H,7H2,1-2H3,(H,16,18). The molecule has 0 atom stereocenters. The van der Waals surface area contributed by atoms with E-state index in [1.165, 1.54) is 17.3 Å². The van der Waals surface area contributed by atoms with E-state index in [0.29, 0.717) is 11.3 Å². The van der Waals surface area contributed by atoms with Gasteiger partial charge < -0.3 is 4.98 Å². The maximum Gasteiger partial charge on any atom is 0.305 e. The average Bonchev–Trinajstić information content (AvgIpc) is 2.80. The number of aryl methyl sites for hydroxylation is 2. The van der Waals surface area contributed by atoms with Gasteiger partial charge in [0, 0.05) is 16.9 Å². The van der Waals surface area contributed by atoms with Gasteiger partial charge in [-0.3, -0.25) is 9.59 Å². The summed E-state index contributed by atoms with van der Waals surface area (Å²) < 4.78 is 0. The number of carbonyl (C=O) groups is 1. The molecular formula is C15H13NO2S2. The van der Waals surface area contributed by atoms with Crippen molar-refractivity contribution in [2.45, 2.75) is 18.9 Å². The van der Waals surface area contributed by atoms with E-state index in [9.17, 15) is 9.59 Å². The Morgan fingerprint density at radius 3 is 2.80 bits per heavy atom. The van der Waals surface area contributed by atoms with E-state index in [0.717, 1.165) is 32.4 Å². The SMILES string of the molecule is Cc1ccc(C(=O)C2=Cc3sc(=O)[nH]c3SC2)cc1C. The Bertz CT molecular complexity index is 783. The van der Waals surface area contributed by atoms with Crippen molar-refractivity contribution < 1.29 is 4.79 Å². The Balaban J connectivity index is 1.97. The van der Waals surface area contributed by atoms with Gasteiger partial charge in [-0.25, -0.2) is 0 Å². The number of rotatable bonds is 2. The zero-order valence-corrected chi connectivity index (χ0v) is 12.8. The Kier molecular flexibility index (Phi) is 3.40. The molecule has 0 amide bonds. The van der Waals surface area contributed by atoms with Crippen LogP contribution in [0.5, 0.6) is 0 Å². The molecule has 1 aromatic heterocycles. The molecule has 0 saturated carbocycles. The minimum absolute atomic E-state index is 0.0482. The lowest BCUT2D eigenvalue weighted by Crippen LogP contribution is -2.08. The maximum absolute atomic E-state index is 12.5. The van der Waals surface area contributed by atoms with E-state index in [1.807, 2.05) is 38.1 Å². The number of ketones is 1. The van der Waals surface area contributed by atoms with E-state index < -0.39 is 0 Å². The van der Waals surface area contributed by atoms with E-state index >= 15 is 0 Å². The largest absolute Gasteiger partial charge is 0.307 e. The van der Waals surface area contributed by atoms with Crippen molar-refractivity contribution in [2.75, 3.05) is 5.75 Å². The normalized spacial score (nSPS) is 13.8. The summed E-state index contributed by atoms with van der Waals surface area (Å²) in [7, 11) is 0. The number of thioether (sulfide) groups is 1. The summed E-state index contributed by atoms with van der Waals surface area (Å²) in [6, 6.07) is 5.77. The first-order valence-electron chi connectivity index (χ1n) is 6.23. The number of Topliss-reactive ketones (excluding diaryl/α,β-unsaturated/α-hetero) is 1. The van der Waals surface area contributed by atoms with Crippen LogP contribution in [-0.4, -0.2) is 16.5 Å². The molecule has 0 unspecified atom stereocenters. The summed E-state index contributed by atoms with van der Waals surface area (Å²) in [5, 5.41) is 0.872. The zero-order valence-electron chi connectivity index (χ0n) is 11.1. The summed E-state index contributed by atoms with van der Waals surface area (Å²) in [5.41, 5.74) is 3.76. The van der Waals surface area contributed by atoms with Crippen LogP contribution < -0.4 is 4.87 Å². The molecule has 0 bridgehead atoms. The van der Waals surface area contributed by atoms with E-state index in [4.69, 9.17) is 0 Å². The van der Waals surface area contributed by atoms with Crippen molar-refractivity contribution >= 4 is 35.0 Å². The number of nitrogens with one attached hydrogen (secondary N) is 1. The molecule has 0 aliphatic carbocycles. The van der Waals surface area contributed by atoms with Crippen molar-refractivity contribution in [2.24, 2.45) is 0 Å². The van der Waals surface area contributed by atoms with Gasteiger partial charge in [0.05, 0.1) is 9.90 Å². The van der Waals surface area contributed by atoms with Crippen LogP contribution >= 0.6 is 23.1 Å². The third kappa shape index (κ3) is 2.39. The molecule has 0 fully saturated rings. The fraction of sp³-hybridized carbons (Fsp3) is 0.200. The molecular weight excluding hydrogens is 290 g/mol. The fourth-order valence-corrected chi connectivity index (χ4v) is 4.02. The predicted octanol–water partition coefficient (Wildman–Crippen LogP) is 3.43. The second-order valence-corrected chi connectivity index (χ2v) is 6.79. The smallest absolute Gasteiger partial charge is 0.305 e. The maximum atomic E-state index is 12.5. The lowest BCUT2D eigenvalue weighted by molar-refractivity contribution is 0.103. The molecule has 3 rings (SSSR count). The summed E-state index contributed by atoms with van der Waals surface area (Å²) >= 11 is 2.67. The third-order valence-corrected chi connectivity index (χ3v) is 5.40. The molecule has 20 heavy (non-hydrogen) atoms. The average molecular weight is 303 g/mol. The Morgan fingerprint density at radius 2 is 2.05 bits per heavy atom. The monoisotopic (exact) mass is 303 g/mol. The molecule has 5 heteroatoms. The molecule has 0 saturated heterocycles. The Morgan fingerprint density at radius 1 is 1.25 bits per heavy atom. The van der Waals surface area contributed by atoms with E-state index in [1.54, 1.807) is 0 Å². The number of aromatic amines is 1. The first kappa shape index (κ1) is 13.4. The highest BCUT2D eigenvalue weighted by Crippen LogP contribution is 2.32. The number of hydrogen-bond acceptors (Lipinski definition) is 4. The molecule has 1 aliphatic heterocycles. The molecule has 1 N–H and O–H groups in total. The van der Waals surface area contributed by atoms with Crippen molar-refractivity contribution in [3.8, 4) is 0 Å². The summed E-state index contributed by atoms with van der Waals surface area (Å²) in [6.45, 7) is 4.04. The van der Waals surface area contributed by atoms with Gasteiger partial charge in [0.15, 0.2) is 5.78 Å². The van der Waals surface area contributed by atoms with Gasteiger partial charge in [-0.1, -0.05) is 23.5 Å². The second-order valence-electron chi connectivity index (χ2n) is 4.79.